The van der Waals surface area contributed by atoms with Crippen molar-refractivity contribution in [2.24, 2.45) is 17.8 Å². The van der Waals surface area contributed by atoms with E-state index in [1.807, 2.05) is 0 Å². The summed E-state index contributed by atoms with van der Waals surface area (Å²) in [5.74, 6) is -4.12. The third-order valence-corrected chi connectivity index (χ3v) is 10.9. The van der Waals surface area contributed by atoms with Gasteiger partial charge in [0.05, 0.1) is 95.3 Å². The van der Waals surface area contributed by atoms with E-state index in [4.69, 9.17) is 57.1 Å². The van der Waals surface area contributed by atoms with Crippen LogP contribution >= 0.6 is 15.6 Å². The summed E-state index contributed by atoms with van der Waals surface area (Å²) < 4.78 is 78.3. The van der Waals surface area contributed by atoms with Gasteiger partial charge in [-0.3, -0.25) is 61.2 Å². The minimum Gasteiger partial charge on any atom is -0.455 e. The molecule has 3 N–H and O–H groups in total. The molecule has 2 aromatic rings. The molecule has 0 spiro atoms. The van der Waals surface area contributed by atoms with Crippen LogP contribution in [-0.2, 0) is 64.9 Å². The summed E-state index contributed by atoms with van der Waals surface area (Å²) in [5, 5.41) is 39.3. The van der Waals surface area contributed by atoms with E-state index in [1.165, 1.54) is 18.4 Å². The first-order valence-electron chi connectivity index (χ1n) is 18.6. The number of phosphoric acid groups is 2. The quantitative estimate of drug-likeness (QED) is 0.0732. The lowest BCUT2D eigenvalue weighted by molar-refractivity contribution is -0.172. The van der Waals surface area contributed by atoms with E-state index >= 15 is 0 Å². The number of rotatable bonds is 25. The third-order valence-electron chi connectivity index (χ3n) is 7.89. The number of aromatic amines is 1. The number of aliphatic hydroxyl groups is 1. The molecule has 1 aliphatic rings. The molecule has 3 heterocycles. The van der Waals surface area contributed by atoms with Gasteiger partial charge in [0.1, 0.15) is 12.2 Å². The first-order valence-corrected chi connectivity index (χ1v) is 21.5. The Hall–Kier alpha value is -4.63. The van der Waals surface area contributed by atoms with Gasteiger partial charge in [-0.2, -0.15) is 20.8 Å². The number of H-pyrrole nitrogens is 1. The highest BCUT2D eigenvalue weighted by molar-refractivity contribution is 7.48. The molecule has 330 valence electrons. The number of carbonyl (C=O) groups is 3. The van der Waals surface area contributed by atoms with Gasteiger partial charge in [-0.15, -0.1) is 0 Å². The molecule has 5 unspecified atom stereocenters. The molecule has 0 bridgehead atoms. The highest BCUT2D eigenvalue weighted by Crippen LogP contribution is 2.53. The summed E-state index contributed by atoms with van der Waals surface area (Å²) in [7, 11) is -9.36. The van der Waals surface area contributed by atoms with Crippen LogP contribution in [0.15, 0.2) is 11.1 Å². The van der Waals surface area contributed by atoms with E-state index in [1.54, 1.807) is 45.9 Å². The van der Waals surface area contributed by atoms with Crippen molar-refractivity contribution in [1.82, 2.24) is 19.5 Å². The number of amides is 1. The third kappa shape index (κ3) is 14.2. The second-order valence-electron chi connectivity index (χ2n) is 13.7. The number of nitriles is 3. The standard InChI is InChI=1S/C34H48N8O16P2/c1-20(2)29(44)40-34-39-28-25(30(45)41-34)38-19-42(28)31-27(57-33(47)22(5)6)26(56-32(46)21(3)4)24(55-31)18-54-59(48,50-13-7-10-35)53-17-23(16-43)58-60(49,51-14-8-11-36)52-15-9-12-37/h19-24,26-27,31,43H,7-9,13-18H2,1-6H3,(H2,39,40,41,44,45)/t23?,24?,26?,27?,31-,59?/m1/s1. The van der Waals surface area contributed by atoms with Crippen LogP contribution in [0, 0.1) is 51.7 Å². The van der Waals surface area contributed by atoms with Crippen molar-refractivity contribution in [1.29, 1.82) is 15.8 Å². The number of aromatic nitrogens is 4. The Labute approximate surface area is 344 Å². The van der Waals surface area contributed by atoms with Crippen molar-refractivity contribution in [3.63, 3.8) is 0 Å². The largest absolute Gasteiger partial charge is 0.475 e. The molecule has 1 aliphatic heterocycles. The number of esters is 2. The SMILES string of the molecule is CC(C)C(=O)Nc1nc2c(ncn2[C@@H]2OC(COP(=O)(OCCC#N)OCC(CO)OP(=O)(OCCC#N)OCCC#N)C(OC(=O)C(C)C)C2OC(=O)C(C)C)c(=O)[nH]1. The van der Waals surface area contributed by atoms with Gasteiger partial charge < -0.3 is 19.3 Å². The smallest absolute Gasteiger partial charge is 0.455 e. The molecule has 60 heavy (non-hydrogen) atoms. The number of aliphatic hydroxyl groups excluding tert-OH is 1. The Morgan fingerprint density at radius 2 is 1.42 bits per heavy atom. The molecule has 0 aliphatic carbocycles. The van der Waals surface area contributed by atoms with Crippen LogP contribution in [0.5, 0.6) is 0 Å². The van der Waals surface area contributed by atoms with E-state index in [2.05, 4.69) is 20.3 Å². The normalized spacial score (nSPS) is 19.4. The predicted octanol–water partition coefficient (Wildman–Crippen LogP) is 3.16. The summed E-state index contributed by atoms with van der Waals surface area (Å²) in [6.45, 7) is 5.52. The summed E-state index contributed by atoms with van der Waals surface area (Å²) in [5.41, 5.74) is -1.09. The van der Waals surface area contributed by atoms with Crippen LogP contribution in [0.4, 0.5) is 5.95 Å². The molecule has 1 saturated heterocycles. The number of fused-ring (bicyclic) bond motifs is 1. The molecule has 0 radical (unpaired) electrons. The zero-order valence-electron chi connectivity index (χ0n) is 33.7. The molecule has 24 nitrogen and oxygen atoms in total. The zero-order chi connectivity index (χ0) is 44.6. The van der Waals surface area contributed by atoms with Crippen LogP contribution in [0.2, 0.25) is 0 Å². The van der Waals surface area contributed by atoms with E-state index in [9.17, 15) is 33.4 Å². The fourth-order valence-electron chi connectivity index (χ4n) is 4.76. The average Bonchev–Trinajstić information content (AvgIpc) is 3.76. The Morgan fingerprint density at radius 1 is 0.867 bits per heavy atom. The van der Waals surface area contributed by atoms with Gasteiger partial charge in [-0.05, 0) is 0 Å². The number of nitrogens with one attached hydrogen (secondary N) is 2. The van der Waals surface area contributed by atoms with Crippen molar-refractivity contribution in [2.75, 3.05) is 45.0 Å². The summed E-state index contributed by atoms with van der Waals surface area (Å²) in [6.07, 6.45) is -7.09. The number of nitrogens with zero attached hydrogens (tertiary/aromatic N) is 6. The maximum absolute atomic E-state index is 14.1. The van der Waals surface area contributed by atoms with Crippen molar-refractivity contribution in [3.8, 4) is 18.2 Å². The second-order valence-corrected chi connectivity index (χ2v) is 17.0. The number of hydrogen-bond acceptors (Lipinski definition) is 21. The number of imidazole rings is 1. The lowest BCUT2D eigenvalue weighted by Crippen LogP contribution is -2.42. The van der Waals surface area contributed by atoms with Crippen LogP contribution in [-0.4, -0.2) is 107 Å². The number of hydrogen-bond donors (Lipinski definition) is 3. The zero-order valence-corrected chi connectivity index (χ0v) is 35.5. The minimum atomic E-state index is -4.83. The molecule has 1 amide bonds. The molecule has 0 aromatic carbocycles. The van der Waals surface area contributed by atoms with E-state index < -0.39 is 127 Å². The number of carbonyl (C=O) groups excluding carboxylic acids is 3. The molecular formula is C34H48N8O16P2. The maximum Gasteiger partial charge on any atom is 0.475 e. The Bertz CT molecular complexity index is 2050. The first kappa shape index (κ1) is 49.7. The summed E-state index contributed by atoms with van der Waals surface area (Å²) in [6, 6.07) is 5.34. The average molecular weight is 887 g/mol. The first-order chi connectivity index (χ1) is 28.4. The molecule has 2 aromatic heterocycles. The topological polar surface area (TPSA) is 336 Å². The van der Waals surface area contributed by atoms with Crippen LogP contribution in [0.3, 0.4) is 0 Å². The van der Waals surface area contributed by atoms with Gasteiger partial charge in [0.25, 0.3) is 5.56 Å². The van der Waals surface area contributed by atoms with Gasteiger partial charge in [-0.1, -0.05) is 41.5 Å². The lowest BCUT2D eigenvalue weighted by atomic mass is 10.1. The van der Waals surface area contributed by atoms with Gasteiger partial charge in [0.2, 0.25) is 11.9 Å². The molecular weight excluding hydrogens is 838 g/mol. The molecule has 0 saturated carbocycles. The predicted molar refractivity (Wildman–Crippen MR) is 203 cm³/mol. The molecule has 3 rings (SSSR count). The van der Waals surface area contributed by atoms with Crippen molar-refractivity contribution in [3.05, 3.63) is 16.7 Å². The molecule has 26 heteroatoms. The fourth-order valence-corrected chi connectivity index (χ4v) is 7.30. The van der Waals surface area contributed by atoms with Crippen LogP contribution in [0.1, 0.15) is 67.0 Å². The van der Waals surface area contributed by atoms with Crippen LogP contribution < -0.4 is 10.9 Å². The maximum atomic E-state index is 14.1. The van der Waals surface area contributed by atoms with Crippen molar-refractivity contribution in [2.45, 2.75) is 91.4 Å². The second kappa shape index (κ2) is 23.4. The van der Waals surface area contributed by atoms with Gasteiger partial charge in [-0.25, -0.2) is 14.1 Å². The van der Waals surface area contributed by atoms with E-state index in [-0.39, 0.29) is 36.4 Å². The number of ether oxygens (including phenoxy) is 3. The fraction of sp³-hybridized carbons (Fsp3) is 0.676. The van der Waals surface area contributed by atoms with E-state index in [0.29, 0.717) is 0 Å². The minimum absolute atomic E-state index is 0.140. The highest BCUT2D eigenvalue weighted by atomic mass is 31.2. The highest BCUT2D eigenvalue weighted by Gasteiger charge is 2.52. The Kier molecular flexibility index (Phi) is 19.4. The number of anilines is 1. The van der Waals surface area contributed by atoms with Gasteiger partial charge in [0, 0.05) is 5.92 Å². The Balaban J connectivity index is 2.01. The monoisotopic (exact) mass is 886 g/mol. The van der Waals surface area contributed by atoms with Gasteiger partial charge in [0.15, 0.2) is 29.6 Å². The lowest BCUT2D eigenvalue weighted by Gasteiger charge is -2.27. The number of phosphoric ester groups is 2. The molecule has 6 atom stereocenters. The Morgan fingerprint density at radius 3 is 1.93 bits per heavy atom. The summed E-state index contributed by atoms with van der Waals surface area (Å²) >= 11 is 0. The van der Waals surface area contributed by atoms with E-state index in [0.717, 1.165) is 6.33 Å². The van der Waals surface area contributed by atoms with Crippen molar-refractivity contribution >= 4 is 50.6 Å². The molecule has 1 fully saturated rings. The van der Waals surface area contributed by atoms with Crippen LogP contribution in [0.25, 0.3) is 11.2 Å². The van der Waals surface area contributed by atoms with Gasteiger partial charge >= 0.3 is 27.6 Å². The van der Waals surface area contributed by atoms with Crippen molar-refractivity contribution < 1.29 is 70.0 Å². The summed E-state index contributed by atoms with van der Waals surface area (Å²) in [4.78, 5) is 62.6.